The van der Waals surface area contributed by atoms with Crippen LogP contribution in [-0.2, 0) is 15.7 Å². The summed E-state index contributed by atoms with van der Waals surface area (Å²) in [6.45, 7) is 8.54. The molecular formula is C14H22BNO3. The summed E-state index contributed by atoms with van der Waals surface area (Å²) in [5, 5.41) is 10.1. The molecule has 104 valence electrons. The van der Waals surface area contributed by atoms with E-state index in [1.807, 2.05) is 39.8 Å². The van der Waals surface area contributed by atoms with E-state index in [4.69, 9.17) is 15.0 Å². The van der Waals surface area contributed by atoms with Gasteiger partial charge in [0.1, 0.15) is 5.75 Å². The molecule has 1 aromatic rings. The van der Waals surface area contributed by atoms with Crippen molar-refractivity contribution in [2.24, 2.45) is 5.73 Å². The van der Waals surface area contributed by atoms with Crippen LogP contribution in [0.25, 0.3) is 0 Å². The highest BCUT2D eigenvalue weighted by molar-refractivity contribution is 6.63. The van der Waals surface area contributed by atoms with Crippen LogP contribution < -0.4 is 11.2 Å². The summed E-state index contributed by atoms with van der Waals surface area (Å²) in [6, 6.07) is 5.53. The quantitative estimate of drug-likeness (QED) is 0.804. The third-order valence-corrected chi connectivity index (χ3v) is 4.04. The zero-order chi connectivity index (χ0) is 14.3. The standard InChI is InChI=1S/C14H22BNO3/c1-13(2)14(3,4)19-15(18-13)11-6-5-10(7-8-16)9-12(11)17/h5-6,9,17H,7-8,16H2,1-4H3. The number of phenolic OH excluding ortho intramolecular Hbond substituents is 1. The molecule has 0 aliphatic carbocycles. The van der Waals surface area contributed by atoms with Gasteiger partial charge in [0.25, 0.3) is 0 Å². The van der Waals surface area contributed by atoms with Gasteiger partial charge in [-0.25, -0.2) is 0 Å². The van der Waals surface area contributed by atoms with Crippen LogP contribution in [-0.4, -0.2) is 30.0 Å². The highest BCUT2D eigenvalue weighted by Crippen LogP contribution is 2.37. The second-order valence-electron chi connectivity index (χ2n) is 6.02. The summed E-state index contributed by atoms with van der Waals surface area (Å²) in [5.41, 5.74) is 6.39. The summed E-state index contributed by atoms with van der Waals surface area (Å²) in [7, 11) is -0.531. The van der Waals surface area contributed by atoms with Gasteiger partial charge in [0.2, 0.25) is 0 Å². The van der Waals surface area contributed by atoms with Gasteiger partial charge in [-0.05, 0) is 52.3 Å². The smallest absolute Gasteiger partial charge is 0.498 e. The summed E-state index contributed by atoms with van der Waals surface area (Å²) in [6.07, 6.45) is 0.747. The lowest BCUT2D eigenvalue weighted by Gasteiger charge is -2.32. The van der Waals surface area contributed by atoms with Crippen molar-refractivity contribution in [2.45, 2.75) is 45.3 Å². The van der Waals surface area contributed by atoms with Gasteiger partial charge in [-0.3, -0.25) is 0 Å². The van der Waals surface area contributed by atoms with Crippen molar-refractivity contribution in [1.82, 2.24) is 0 Å². The maximum atomic E-state index is 10.1. The predicted octanol–water partition coefficient (Wildman–Crippen LogP) is 1.19. The first-order chi connectivity index (χ1) is 8.77. The lowest BCUT2D eigenvalue weighted by atomic mass is 9.78. The number of hydrogen-bond donors (Lipinski definition) is 2. The number of aromatic hydroxyl groups is 1. The summed E-state index contributed by atoms with van der Waals surface area (Å²) < 4.78 is 11.8. The van der Waals surface area contributed by atoms with Crippen LogP contribution in [0.3, 0.4) is 0 Å². The van der Waals surface area contributed by atoms with Crippen molar-refractivity contribution in [3.8, 4) is 5.75 Å². The van der Waals surface area contributed by atoms with Crippen LogP contribution in [0.2, 0.25) is 0 Å². The van der Waals surface area contributed by atoms with Crippen LogP contribution in [0.15, 0.2) is 18.2 Å². The molecule has 0 radical (unpaired) electrons. The Morgan fingerprint density at radius 2 is 1.74 bits per heavy atom. The molecule has 0 spiro atoms. The zero-order valence-corrected chi connectivity index (χ0v) is 12.1. The van der Waals surface area contributed by atoms with E-state index >= 15 is 0 Å². The SMILES string of the molecule is CC1(C)OB(c2ccc(CCN)cc2O)OC1(C)C. The average molecular weight is 263 g/mol. The molecule has 1 aliphatic rings. The number of nitrogens with two attached hydrogens (primary N) is 1. The molecule has 0 saturated carbocycles. The van der Waals surface area contributed by atoms with Crippen molar-refractivity contribution in [1.29, 1.82) is 0 Å². The molecule has 3 N–H and O–H groups in total. The van der Waals surface area contributed by atoms with E-state index in [1.165, 1.54) is 0 Å². The lowest BCUT2D eigenvalue weighted by Crippen LogP contribution is -2.41. The molecule has 0 bridgehead atoms. The van der Waals surface area contributed by atoms with Crippen LogP contribution in [0.4, 0.5) is 0 Å². The fourth-order valence-corrected chi connectivity index (χ4v) is 2.08. The van der Waals surface area contributed by atoms with E-state index in [0.717, 1.165) is 12.0 Å². The number of benzene rings is 1. The van der Waals surface area contributed by atoms with Gasteiger partial charge in [-0.2, -0.15) is 0 Å². The normalized spacial score (nSPS) is 20.8. The maximum Gasteiger partial charge on any atom is 0.498 e. The van der Waals surface area contributed by atoms with Gasteiger partial charge < -0.3 is 20.1 Å². The number of hydrogen-bond acceptors (Lipinski definition) is 4. The first kappa shape index (κ1) is 14.4. The second-order valence-corrected chi connectivity index (χ2v) is 6.02. The van der Waals surface area contributed by atoms with Crippen LogP contribution in [0, 0.1) is 0 Å². The predicted molar refractivity (Wildman–Crippen MR) is 76.6 cm³/mol. The van der Waals surface area contributed by atoms with Crippen molar-refractivity contribution in [3.05, 3.63) is 23.8 Å². The van der Waals surface area contributed by atoms with E-state index in [9.17, 15) is 5.11 Å². The second kappa shape index (κ2) is 4.82. The minimum absolute atomic E-state index is 0.199. The topological polar surface area (TPSA) is 64.7 Å². The fourth-order valence-electron chi connectivity index (χ4n) is 2.08. The molecule has 2 rings (SSSR count). The van der Waals surface area contributed by atoms with Gasteiger partial charge >= 0.3 is 7.12 Å². The Morgan fingerprint density at radius 3 is 2.21 bits per heavy atom. The number of rotatable bonds is 3. The van der Waals surface area contributed by atoms with Crippen LogP contribution in [0.5, 0.6) is 5.75 Å². The molecule has 1 fully saturated rings. The molecular weight excluding hydrogens is 241 g/mol. The van der Waals surface area contributed by atoms with Gasteiger partial charge in [-0.15, -0.1) is 0 Å². The first-order valence-corrected chi connectivity index (χ1v) is 6.64. The minimum Gasteiger partial charge on any atom is -0.508 e. The Hall–Kier alpha value is -1.04. The third-order valence-electron chi connectivity index (χ3n) is 4.04. The summed E-state index contributed by atoms with van der Waals surface area (Å²) in [4.78, 5) is 0. The van der Waals surface area contributed by atoms with Crippen molar-refractivity contribution >= 4 is 12.6 Å². The molecule has 1 aromatic carbocycles. The molecule has 19 heavy (non-hydrogen) atoms. The van der Waals surface area contributed by atoms with Gasteiger partial charge in [0.15, 0.2) is 0 Å². The molecule has 4 nitrogen and oxygen atoms in total. The number of phenols is 1. The minimum atomic E-state index is -0.531. The Kier molecular flexibility index (Phi) is 3.64. The van der Waals surface area contributed by atoms with Gasteiger partial charge in [0, 0.05) is 5.46 Å². The van der Waals surface area contributed by atoms with E-state index in [0.29, 0.717) is 12.0 Å². The van der Waals surface area contributed by atoms with E-state index in [-0.39, 0.29) is 5.75 Å². The molecule has 0 unspecified atom stereocenters. The van der Waals surface area contributed by atoms with Crippen molar-refractivity contribution in [2.75, 3.05) is 6.54 Å². The Bertz CT molecular complexity index is 458. The molecule has 5 heteroatoms. The Balaban J connectivity index is 2.25. The van der Waals surface area contributed by atoms with Crippen LogP contribution >= 0.6 is 0 Å². The maximum absolute atomic E-state index is 10.1. The first-order valence-electron chi connectivity index (χ1n) is 6.64. The summed E-state index contributed by atoms with van der Waals surface area (Å²) >= 11 is 0. The van der Waals surface area contributed by atoms with E-state index in [1.54, 1.807) is 6.07 Å². The van der Waals surface area contributed by atoms with Gasteiger partial charge in [0.05, 0.1) is 11.2 Å². The molecule has 1 heterocycles. The molecule has 1 saturated heterocycles. The third kappa shape index (κ3) is 2.64. The van der Waals surface area contributed by atoms with E-state index in [2.05, 4.69) is 0 Å². The highest BCUT2D eigenvalue weighted by atomic mass is 16.7. The zero-order valence-electron chi connectivity index (χ0n) is 12.1. The fraction of sp³-hybridized carbons (Fsp3) is 0.571. The Labute approximate surface area is 115 Å². The highest BCUT2D eigenvalue weighted by Gasteiger charge is 2.52. The molecule has 1 aliphatic heterocycles. The van der Waals surface area contributed by atoms with Gasteiger partial charge in [-0.1, -0.05) is 12.1 Å². The Morgan fingerprint density at radius 1 is 1.16 bits per heavy atom. The van der Waals surface area contributed by atoms with Crippen molar-refractivity contribution in [3.63, 3.8) is 0 Å². The molecule has 0 amide bonds. The summed E-state index contributed by atoms with van der Waals surface area (Å²) in [5.74, 6) is 0.199. The monoisotopic (exact) mass is 263 g/mol. The van der Waals surface area contributed by atoms with Crippen molar-refractivity contribution < 1.29 is 14.4 Å². The van der Waals surface area contributed by atoms with Crippen LogP contribution in [0.1, 0.15) is 33.3 Å². The van der Waals surface area contributed by atoms with E-state index < -0.39 is 18.3 Å². The molecule has 0 aromatic heterocycles. The molecule has 0 atom stereocenters. The lowest BCUT2D eigenvalue weighted by molar-refractivity contribution is 0.00578. The largest absolute Gasteiger partial charge is 0.508 e. The average Bonchev–Trinajstić information content (AvgIpc) is 2.48.